The SMILES string of the molecule is CC.CS.c1ccc(P(c2ccccc2)c2ccccc2C2=NC3CCCC[C@H]3N2)cc1. The number of nitrogens with one attached hydrogen (secondary N) is 1. The Labute approximate surface area is 200 Å². The Morgan fingerprint density at radius 3 is 1.88 bits per heavy atom. The molecule has 0 radical (unpaired) electrons. The van der Waals surface area contributed by atoms with Gasteiger partial charge in [0, 0.05) is 11.6 Å². The molecular weight excluding hydrogens is 427 g/mol. The minimum Gasteiger partial charge on any atom is -0.365 e. The number of fused-ring (bicyclic) bond motifs is 1. The number of aliphatic imine (C=N–C) groups is 1. The molecule has 0 saturated heterocycles. The predicted molar refractivity (Wildman–Crippen MR) is 147 cm³/mol. The summed E-state index contributed by atoms with van der Waals surface area (Å²) in [7, 11) is -0.625. The molecule has 5 rings (SSSR count). The van der Waals surface area contributed by atoms with E-state index >= 15 is 0 Å². The summed E-state index contributed by atoms with van der Waals surface area (Å²) in [4.78, 5) is 5.13. The number of hydrogen-bond donors (Lipinski definition) is 2. The third-order valence-corrected chi connectivity index (χ3v) is 8.28. The smallest absolute Gasteiger partial charge is 0.129 e. The first-order valence-electron chi connectivity index (χ1n) is 11.7. The monoisotopic (exact) mass is 462 g/mol. The molecule has 1 fully saturated rings. The van der Waals surface area contributed by atoms with Crippen LogP contribution in [-0.2, 0) is 0 Å². The highest BCUT2D eigenvalue weighted by atomic mass is 32.1. The lowest BCUT2D eigenvalue weighted by Crippen LogP contribution is -2.38. The van der Waals surface area contributed by atoms with E-state index in [0.717, 1.165) is 5.84 Å². The molecule has 3 aromatic carbocycles. The average molecular weight is 463 g/mol. The third kappa shape index (κ3) is 5.63. The molecule has 1 aliphatic carbocycles. The molecule has 32 heavy (non-hydrogen) atoms. The summed E-state index contributed by atoms with van der Waals surface area (Å²) >= 11 is 3.53. The van der Waals surface area contributed by atoms with E-state index in [1.165, 1.54) is 47.2 Å². The first-order chi connectivity index (χ1) is 15.9. The van der Waals surface area contributed by atoms with E-state index in [1.807, 2.05) is 13.8 Å². The van der Waals surface area contributed by atoms with Crippen LogP contribution in [0.25, 0.3) is 0 Å². The van der Waals surface area contributed by atoms with Crippen molar-refractivity contribution in [1.29, 1.82) is 0 Å². The Morgan fingerprint density at radius 1 is 0.750 bits per heavy atom. The van der Waals surface area contributed by atoms with Gasteiger partial charge in [-0.05, 0) is 42.9 Å². The average Bonchev–Trinajstić information content (AvgIpc) is 3.33. The van der Waals surface area contributed by atoms with Crippen LogP contribution in [0.2, 0.25) is 0 Å². The van der Waals surface area contributed by atoms with Crippen LogP contribution in [0.1, 0.15) is 45.1 Å². The van der Waals surface area contributed by atoms with Crippen LogP contribution in [0.3, 0.4) is 0 Å². The van der Waals surface area contributed by atoms with Gasteiger partial charge in [0.05, 0.1) is 6.04 Å². The van der Waals surface area contributed by atoms with E-state index < -0.39 is 7.92 Å². The molecule has 4 heteroatoms. The van der Waals surface area contributed by atoms with Gasteiger partial charge in [-0.15, -0.1) is 0 Å². The van der Waals surface area contributed by atoms with Gasteiger partial charge in [-0.2, -0.15) is 12.6 Å². The standard InChI is InChI=1S/C25H25N2P.C2H6.CH4S/c1-3-11-19(12-4-1)28(20-13-5-2-6-14-20)24-18-10-7-15-21(24)25-26-22-16-8-9-17-23(22)27-25;2*1-2/h1-7,10-15,18,22-23H,8-9,16-17H2,(H,26,27);1-2H3;2H,1H3/t22-,23?;;/m1../s1. The molecule has 3 aromatic rings. The third-order valence-electron chi connectivity index (χ3n) is 5.78. The second kappa shape index (κ2) is 12.8. The summed E-state index contributed by atoms with van der Waals surface area (Å²) in [6.07, 6.45) is 6.78. The van der Waals surface area contributed by atoms with E-state index in [-0.39, 0.29) is 0 Å². The first kappa shape index (κ1) is 24.6. The van der Waals surface area contributed by atoms with Gasteiger partial charge in [0.25, 0.3) is 0 Å². The second-order valence-electron chi connectivity index (χ2n) is 7.60. The van der Waals surface area contributed by atoms with Crippen LogP contribution in [0, 0.1) is 0 Å². The molecule has 1 unspecified atom stereocenters. The maximum Gasteiger partial charge on any atom is 0.129 e. The van der Waals surface area contributed by atoms with Crippen LogP contribution >= 0.6 is 20.6 Å². The van der Waals surface area contributed by atoms with Gasteiger partial charge in [-0.25, -0.2) is 0 Å². The molecule has 0 amide bonds. The van der Waals surface area contributed by atoms with E-state index in [4.69, 9.17) is 4.99 Å². The van der Waals surface area contributed by atoms with E-state index in [9.17, 15) is 0 Å². The lowest BCUT2D eigenvalue weighted by Gasteiger charge is -2.24. The van der Waals surface area contributed by atoms with Crippen molar-refractivity contribution in [2.24, 2.45) is 4.99 Å². The van der Waals surface area contributed by atoms with Gasteiger partial charge >= 0.3 is 0 Å². The molecule has 168 valence electrons. The highest BCUT2D eigenvalue weighted by molar-refractivity contribution is 7.80. The number of nitrogens with zero attached hydrogens (tertiary/aromatic N) is 1. The molecular formula is C28H35N2PS. The van der Waals surface area contributed by atoms with Crippen LogP contribution in [-0.4, -0.2) is 24.2 Å². The number of amidine groups is 1. The molecule has 1 saturated carbocycles. The molecule has 2 nitrogen and oxygen atoms in total. The van der Waals surface area contributed by atoms with Crippen LogP contribution in [0.4, 0.5) is 0 Å². The molecule has 0 spiro atoms. The van der Waals surface area contributed by atoms with Crippen LogP contribution in [0.5, 0.6) is 0 Å². The maximum atomic E-state index is 5.13. The lowest BCUT2D eigenvalue weighted by atomic mass is 9.92. The first-order valence-corrected chi connectivity index (χ1v) is 13.9. The minimum absolute atomic E-state index is 0.455. The molecule has 2 aliphatic rings. The van der Waals surface area contributed by atoms with Crippen molar-refractivity contribution in [2.75, 3.05) is 6.26 Å². The van der Waals surface area contributed by atoms with Crippen LogP contribution < -0.4 is 21.2 Å². The Bertz CT molecular complexity index is 935. The fourth-order valence-corrected chi connectivity index (χ4v) is 6.86. The van der Waals surface area contributed by atoms with Gasteiger partial charge in [0.1, 0.15) is 5.84 Å². The highest BCUT2D eigenvalue weighted by Gasteiger charge is 2.32. The van der Waals surface area contributed by atoms with Crippen molar-refractivity contribution in [1.82, 2.24) is 5.32 Å². The Kier molecular flexibility index (Phi) is 9.84. The fourth-order valence-electron chi connectivity index (χ4n) is 4.41. The fraction of sp³-hybridized carbons (Fsp3) is 0.321. The van der Waals surface area contributed by atoms with Crippen molar-refractivity contribution in [3.05, 3.63) is 90.5 Å². The molecule has 0 bridgehead atoms. The van der Waals surface area contributed by atoms with Crippen molar-refractivity contribution in [3.8, 4) is 0 Å². The molecule has 1 N–H and O–H groups in total. The Balaban J connectivity index is 0.000000686. The number of rotatable bonds is 4. The van der Waals surface area contributed by atoms with Crippen molar-refractivity contribution in [2.45, 2.75) is 51.6 Å². The zero-order chi connectivity index (χ0) is 22.8. The zero-order valence-corrected chi connectivity index (χ0v) is 21.2. The van der Waals surface area contributed by atoms with E-state index in [1.54, 1.807) is 6.26 Å². The topological polar surface area (TPSA) is 24.4 Å². The second-order valence-corrected chi connectivity index (χ2v) is 9.79. The van der Waals surface area contributed by atoms with Gasteiger partial charge in [-0.3, -0.25) is 4.99 Å². The summed E-state index contributed by atoms with van der Waals surface area (Å²) in [6.45, 7) is 4.00. The van der Waals surface area contributed by atoms with Crippen molar-refractivity contribution in [3.63, 3.8) is 0 Å². The van der Waals surface area contributed by atoms with Crippen LogP contribution in [0.15, 0.2) is 89.9 Å². The van der Waals surface area contributed by atoms with Crippen molar-refractivity contribution < 1.29 is 0 Å². The number of thiol groups is 1. The summed E-state index contributed by atoms with van der Waals surface area (Å²) in [5, 5.41) is 7.92. The van der Waals surface area contributed by atoms with E-state index in [0.29, 0.717) is 12.1 Å². The summed E-state index contributed by atoms with van der Waals surface area (Å²) < 4.78 is 0. The normalized spacial score (nSPS) is 18.8. The summed E-state index contributed by atoms with van der Waals surface area (Å²) in [5.74, 6) is 1.10. The molecule has 1 heterocycles. The van der Waals surface area contributed by atoms with Gasteiger partial charge < -0.3 is 5.32 Å². The Morgan fingerprint density at radius 2 is 1.28 bits per heavy atom. The molecule has 2 atom stereocenters. The van der Waals surface area contributed by atoms with E-state index in [2.05, 4.69) is 103 Å². The summed E-state index contributed by atoms with van der Waals surface area (Å²) in [5.41, 5.74) is 1.27. The predicted octanol–water partition coefficient (Wildman–Crippen LogP) is 5.68. The van der Waals surface area contributed by atoms with Gasteiger partial charge in [-0.1, -0.05) is 112 Å². The Hall–Kier alpha value is -2.09. The number of benzene rings is 3. The van der Waals surface area contributed by atoms with Gasteiger partial charge in [0.2, 0.25) is 0 Å². The molecule has 0 aromatic heterocycles. The van der Waals surface area contributed by atoms with Crippen molar-refractivity contribution >= 4 is 42.3 Å². The maximum absolute atomic E-state index is 5.13. The highest BCUT2D eigenvalue weighted by Crippen LogP contribution is 2.35. The summed E-state index contributed by atoms with van der Waals surface area (Å²) in [6, 6.07) is 31.7. The molecule has 1 aliphatic heterocycles. The minimum atomic E-state index is -0.625. The van der Waals surface area contributed by atoms with Gasteiger partial charge in [0.15, 0.2) is 0 Å². The zero-order valence-electron chi connectivity index (χ0n) is 19.4. The largest absolute Gasteiger partial charge is 0.365 e. The number of hydrogen-bond acceptors (Lipinski definition) is 3. The lowest BCUT2D eigenvalue weighted by molar-refractivity contribution is 0.385. The quantitative estimate of drug-likeness (QED) is 0.378.